The lowest BCUT2D eigenvalue weighted by molar-refractivity contribution is 0.0950. The highest BCUT2D eigenvalue weighted by atomic mass is 16.5. The number of nitrogens with zero attached hydrogens (tertiary/aromatic N) is 1. The lowest BCUT2D eigenvalue weighted by atomic mass is 10.1. The summed E-state index contributed by atoms with van der Waals surface area (Å²) in [5.74, 6) is 0.254. The van der Waals surface area contributed by atoms with Crippen LogP contribution in [0.15, 0.2) is 90.0 Å². The van der Waals surface area contributed by atoms with Gasteiger partial charge in [0.25, 0.3) is 5.91 Å². The van der Waals surface area contributed by atoms with Crippen molar-refractivity contribution in [3.8, 4) is 5.75 Å². The Kier molecular flexibility index (Phi) is 6.96. The van der Waals surface area contributed by atoms with Crippen molar-refractivity contribution in [3.05, 3.63) is 102 Å². The molecule has 0 radical (unpaired) electrons. The maximum Gasteiger partial charge on any atom is 0.275 e. The van der Waals surface area contributed by atoms with Crippen LogP contribution in [0.5, 0.6) is 5.75 Å². The van der Waals surface area contributed by atoms with E-state index in [1.54, 1.807) is 12.1 Å². The zero-order chi connectivity index (χ0) is 19.6. The molecule has 0 spiro atoms. The standard InChI is InChI=1S/C24H24N2O2/c1-2-11-22(20-14-7-4-8-15-20)25-26-24(27)21-16-9-10-17-23(21)28-18-19-12-5-3-6-13-19/h3-10,12-17H,2,11,18H2,1H3,(H,26,27)/b25-22+. The van der Waals surface area contributed by atoms with Gasteiger partial charge in [0.05, 0.1) is 11.3 Å². The first-order valence-corrected chi connectivity index (χ1v) is 9.46. The monoisotopic (exact) mass is 372 g/mol. The Labute approximate surface area is 165 Å². The van der Waals surface area contributed by atoms with E-state index in [-0.39, 0.29) is 5.91 Å². The van der Waals surface area contributed by atoms with E-state index in [1.165, 1.54) is 0 Å². The summed E-state index contributed by atoms with van der Waals surface area (Å²) in [7, 11) is 0. The number of carbonyl (C=O) groups excluding carboxylic acids is 1. The average molecular weight is 372 g/mol. The topological polar surface area (TPSA) is 50.7 Å². The molecule has 0 aliphatic heterocycles. The van der Waals surface area contributed by atoms with Crippen LogP contribution in [-0.4, -0.2) is 11.6 Å². The van der Waals surface area contributed by atoms with Crippen LogP contribution >= 0.6 is 0 Å². The molecule has 3 aromatic rings. The molecule has 0 saturated carbocycles. The Morgan fingerprint density at radius 2 is 1.54 bits per heavy atom. The van der Waals surface area contributed by atoms with Gasteiger partial charge in [0, 0.05) is 0 Å². The van der Waals surface area contributed by atoms with Crippen LogP contribution in [0, 0.1) is 0 Å². The predicted molar refractivity (Wildman–Crippen MR) is 113 cm³/mol. The quantitative estimate of drug-likeness (QED) is 0.436. The van der Waals surface area contributed by atoms with Gasteiger partial charge >= 0.3 is 0 Å². The summed E-state index contributed by atoms with van der Waals surface area (Å²) >= 11 is 0. The van der Waals surface area contributed by atoms with Gasteiger partial charge in [0.15, 0.2) is 0 Å². The van der Waals surface area contributed by atoms with Gasteiger partial charge in [0.1, 0.15) is 12.4 Å². The molecule has 3 aromatic carbocycles. The van der Waals surface area contributed by atoms with Crippen LogP contribution < -0.4 is 10.2 Å². The third-order valence-corrected chi connectivity index (χ3v) is 4.26. The normalized spacial score (nSPS) is 11.1. The van der Waals surface area contributed by atoms with E-state index in [0.717, 1.165) is 29.7 Å². The zero-order valence-corrected chi connectivity index (χ0v) is 16.0. The molecule has 4 heteroatoms. The van der Waals surface area contributed by atoms with E-state index in [1.807, 2.05) is 72.8 Å². The number of hydrogen-bond acceptors (Lipinski definition) is 3. The number of para-hydroxylation sites is 1. The van der Waals surface area contributed by atoms with Crippen molar-refractivity contribution in [2.45, 2.75) is 26.4 Å². The molecular weight excluding hydrogens is 348 g/mol. The molecule has 0 heterocycles. The van der Waals surface area contributed by atoms with E-state index in [0.29, 0.717) is 17.9 Å². The fourth-order valence-electron chi connectivity index (χ4n) is 2.83. The van der Waals surface area contributed by atoms with Gasteiger partial charge in [-0.1, -0.05) is 86.1 Å². The Morgan fingerprint density at radius 3 is 2.25 bits per heavy atom. The van der Waals surface area contributed by atoms with Crippen molar-refractivity contribution in [3.63, 3.8) is 0 Å². The number of hydrogen-bond donors (Lipinski definition) is 1. The molecule has 0 saturated heterocycles. The van der Waals surface area contributed by atoms with Crippen LogP contribution in [0.2, 0.25) is 0 Å². The first-order valence-electron chi connectivity index (χ1n) is 9.46. The first kappa shape index (κ1) is 19.4. The number of rotatable bonds is 8. The minimum absolute atomic E-state index is 0.284. The lowest BCUT2D eigenvalue weighted by Gasteiger charge is -2.11. The first-order chi connectivity index (χ1) is 13.8. The maximum atomic E-state index is 12.7. The highest BCUT2D eigenvalue weighted by Crippen LogP contribution is 2.19. The van der Waals surface area contributed by atoms with Crippen molar-refractivity contribution in [1.82, 2.24) is 5.43 Å². The SMILES string of the molecule is CCC/C(=N\NC(=O)c1ccccc1OCc1ccccc1)c1ccccc1. The van der Waals surface area contributed by atoms with E-state index >= 15 is 0 Å². The summed E-state index contributed by atoms with van der Waals surface area (Å²) in [5, 5.41) is 4.38. The highest BCUT2D eigenvalue weighted by molar-refractivity contribution is 6.02. The predicted octanol–water partition coefficient (Wildman–Crippen LogP) is 5.20. The molecule has 142 valence electrons. The maximum absolute atomic E-state index is 12.7. The second kappa shape index (κ2) is 10.1. The summed E-state index contributed by atoms with van der Waals surface area (Å²) < 4.78 is 5.87. The summed E-state index contributed by atoms with van der Waals surface area (Å²) in [6, 6.07) is 27.0. The van der Waals surface area contributed by atoms with Gasteiger partial charge < -0.3 is 4.74 Å². The van der Waals surface area contributed by atoms with Gasteiger partial charge in [-0.2, -0.15) is 5.10 Å². The van der Waals surface area contributed by atoms with Gasteiger partial charge in [-0.25, -0.2) is 5.43 Å². The molecule has 0 fully saturated rings. The van der Waals surface area contributed by atoms with Crippen LogP contribution in [-0.2, 0) is 6.61 Å². The summed E-state index contributed by atoms with van der Waals surface area (Å²) in [5.41, 5.74) is 6.07. The van der Waals surface area contributed by atoms with Gasteiger partial charge in [-0.3, -0.25) is 4.79 Å². The Hall–Kier alpha value is -3.40. The number of benzene rings is 3. The number of carbonyl (C=O) groups is 1. The average Bonchev–Trinajstić information content (AvgIpc) is 2.76. The van der Waals surface area contributed by atoms with Gasteiger partial charge in [-0.05, 0) is 29.7 Å². The van der Waals surface area contributed by atoms with Gasteiger partial charge in [0.2, 0.25) is 0 Å². The van der Waals surface area contributed by atoms with E-state index in [2.05, 4.69) is 17.5 Å². The number of amides is 1. The van der Waals surface area contributed by atoms with Gasteiger partial charge in [-0.15, -0.1) is 0 Å². The third kappa shape index (κ3) is 5.30. The summed E-state index contributed by atoms with van der Waals surface area (Å²) in [4.78, 5) is 12.7. The Bertz CT molecular complexity index is 922. The smallest absolute Gasteiger partial charge is 0.275 e. The molecule has 0 aliphatic carbocycles. The van der Waals surface area contributed by atoms with Crippen molar-refractivity contribution in [1.29, 1.82) is 0 Å². The molecule has 0 atom stereocenters. The van der Waals surface area contributed by atoms with E-state index in [4.69, 9.17) is 4.74 Å². The minimum atomic E-state index is -0.284. The van der Waals surface area contributed by atoms with Crippen LogP contribution in [0.25, 0.3) is 0 Å². The molecule has 0 unspecified atom stereocenters. The molecule has 0 aliphatic rings. The van der Waals surface area contributed by atoms with Crippen molar-refractivity contribution in [2.75, 3.05) is 0 Å². The molecule has 1 N–H and O–H groups in total. The Balaban J connectivity index is 1.73. The molecule has 3 rings (SSSR count). The third-order valence-electron chi connectivity index (χ3n) is 4.26. The molecule has 4 nitrogen and oxygen atoms in total. The van der Waals surface area contributed by atoms with E-state index < -0.39 is 0 Å². The molecule has 0 bridgehead atoms. The van der Waals surface area contributed by atoms with Crippen LogP contribution in [0.3, 0.4) is 0 Å². The van der Waals surface area contributed by atoms with Crippen molar-refractivity contribution < 1.29 is 9.53 Å². The van der Waals surface area contributed by atoms with E-state index in [9.17, 15) is 4.79 Å². The van der Waals surface area contributed by atoms with Crippen molar-refractivity contribution >= 4 is 11.6 Å². The number of hydrazone groups is 1. The Morgan fingerprint density at radius 1 is 0.893 bits per heavy atom. The van der Waals surface area contributed by atoms with Crippen LogP contribution in [0.4, 0.5) is 0 Å². The molecular formula is C24H24N2O2. The molecule has 1 amide bonds. The molecule has 28 heavy (non-hydrogen) atoms. The van der Waals surface area contributed by atoms with Crippen molar-refractivity contribution in [2.24, 2.45) is 5.10 Å². The summed E-state index contributed by atoms with van der Waals surface area (Å²) in [6.07, 6.45) is 1.73. The van der Waals surface area contributed by atoms with Crippen LogP contribution in [0.1, 0.15) is 41.3 Å². The minimum Gasteiger partial charge on any atom is -0.488 e. The number of nitrogens with one attached hydrogen (secondary N) is 1. The second-order valence-electron chi connectivity index (χ2n) is 6.39. The fraction of sp³-hybridized carbons (Fsp3) is 0.167. The fourth-order valence-corrected chi connectivity index (χ4v) is 2.83. The lowest BCUT2D eigenvalue weighted by Crippen LogP contribution is -2.21. The molecule has 0 aromatic heterocycles. The largest absolute Gasteiger partial charge is 0.488 e. The second-order valence-corrected chi connectivity index (χ2v) is 6.39. The highest BCUT2D eigenvalue weighted by Gasteiger charge is 2.12. The zero-order valence-electron chi connectivity index (χ0n) is 16.0. The number of ether oxygens (including phenoxy) is 1. The summed E-state index contributed by atoms with van der Waals surface area (Å²) in [6.45, 7) is 2.49.